The molecule has 1 aromatic heterocycles. The maximum Gasteiger partial charge on any atom is 0.222 e. The van der Waals surface area contributed by atoms with E-state index >= 15 is 0 Å². The van der Waals surface area contributed by atoms with Gasteiger partial charge >= 0.3 is 0 Å². The molecule has 118 valence electrons. The molecule has 23 heavy (non-hydrogen) atoms. The van der Waals surface area contributed by atoms with Crippen molar-refractivity contribution in [2.24, 2.45) is 0 Å². The summed E-state index contributed by atoms with van der Waals surface area (Å²) in [5.74, 6) is 0.113. The molecule has 0 N–H and O–H groups in total. The first-order chi connectivity index (χ1) is 10.9. The third-order valence-corrected chi connectivity index (χ3v) is 4.63. The summed E-state index contributed by atoms with van der Waals surface area (Å²) in [6.45, 7) is 6.76. The van der Waals surface area contributed by atoms with Crippen LogP contribution in [0.4, 0.5) is 5.69 Å². The Kier molecular flexibility index (Phi) is 3.80. The van der Waals surface area contributed by atoms with Gasteiger partial charge in [0.15, 0.2) is 12.4 Å². The van der Waals surface area contributed by atoms with Crippen LogP contribution in [0.25, 0.3) is 0 Å². The lowest BCUT2D eigenvalue weighted by Crippen LogP contribution is -2.37. The lowest BCUT2D eigenvalue weighted by Gasteiger charge is -2.23. The van der Waals surface area contributed by atoms with Crippen LogP contribution in [-0.4, -0.2) is 12.8 Å². The fraction of sp³-hybridized carbons (Fsp3) is 0.300. The molecule has 1 aliphatic heterocycles. The Balaban J connectivity index is 1.88. The van der Waals surface area contributed by atoms with E-state index in [4.69, 9.17) is 0 Å². The van der Waals surface area contributed by atoms with E-state index in [1.807, 2.05) is 49.1 Å². The van der Waals surface area contributed by atoms with Gasteiger partial charge in [0.2, 0.25) is 12.3 Å². The van der Waals surface area contributed by atoms with Crippen molar-refractivity contribution in [1.82, 2.24) is 0 Å². The van der Waals surface area contributed by atoms with Crippen molar-refractivity contribution >= 4 is 11.5 Å². The molecule has 0 unspecified atom stereocenters. The molecule has 2 heterocycles. The number of rotatable bonds is 3. The van der Waals surface area contributed by atoms with Crippen LogP contribution in [-0.2, 0) is 16.8 Å². The van der Waals surface area contributed by atoms with Crippen molar-refractivity contribution in [3.8, 4) is 0 Å². The van der Waals surface area contributed by atoms with E-state index in [1.54, 1.807) is 6.08 Å². The summed E-state index contributed by atoms with van der Waals surface area (Å²) in [6, 6.07) is 12.4. The van der Waals surface area contributed by atoms with E-state index in [0.29, 0.717) is 6.54 Å². The number of hydrogen-bond acceptors (Lipinski definition) is 2. The normalized spacial score (nSPS) is 17.4. The highest BCUT2D eigenvalue weighted by atomic mass is 16.1. The summed E-state index contributed by atoms with van der Waals surface area (Å²) >= 11 is 0. The zero-order chi connectivity index (χ0) is 16.6. The van der Waals surface area contributed by atoms with Crippen molar-refractivity contribution < 1.29 is 9.36 Å². The van der Waals surface area contributed by atoms with Crippen molar-refractivity contribution in [2.45, 2.75) is 32.7 Å². The average Bonchev–Trinajstić information content (AvgIpc) is 2.71. The summed E-state index contributed by atoms with van der Waals surface area (Å²) in [7, 11) is 2.03. The van der Waals surface area contributed by atoms with Crippen LogP contribution < -0.4 is 9.47 Å². The summed E-state index contributed by atoms with van der Waals surface area (Å²) < 4.78 is 1.92. The summed E-state index contributed by atoms with van der Waals surface area (Å²) in [5, 5.41) is 0. The van der Waals surface area contributed by atoms with Gasteiger partial charge in [0, 0.05) is 42.1 Å². The highest BCUT2D eigenvalue weighted by Crippen LogP contribution is 2.46. The molecule has 3 rings (SSSR count). The van der Waals surface area contributed by atoms with Crippen molar-refractivity contribution in [3.05, 3.63) is 71.7 Å². The van der Waals surface area contributed by atoms with E-state index in [9.17, 15) is 4.79 Å². The minimum absolute atomic E-state index is 0.113. The van der Waals surface area contributed by atoms with Crippen LogP contribution in [0.2, 0.25) is 0 Å². The number of likely N-dealkylation sites (N-methyl/N-ethyl adjacent to an activating group) is 1. The fourth-order valence-corrected chi connectivity index (χ4v) is 3.27. The standard InChI is InChI=1S/C20H23N2O/c1-15-9-11-22(12-10-15)14-16(23)13-19-20(2,3)17-7-5-6-8-18(17)21(19)4/h5-13H,14H2,1-4H3/q+1. The molecule has 2 aromatic rings. The number of para-hydroxylation sites is 1. The van der Waals surface area contributed by atoms with Gasteiger partial charge in [0.25, 0.3) is 0 Å². The summed E-state index contributed by atoms with van der Waals surface area (Å²) in [5.41, 5.74) is 4.54. The molecule has 0 radical (unpaired) electrons. The lowest BCUT2D eigenvalue weighted by molar-refractivity contribution is -0.683. The minimum Gasteiger partial charge on any atom is -0.347 e. The van der Waals surface area contributed by atoms with Crippen molar-refractivity contribution in [3.63, 3.8) is 0 Å². The number of aromatic nitrogens is 1. The first kappa shape index (κ1) is 15.5. The van der Waals surface area contributed by atoms with E-state index in [2.05, 4.69) is 36.9 Å². The number of carbonyl (C=O) groups is 1. The number of fused-ring (bicyclic) bond motifs is 1. The maximum atomic E-state index is 12.5. The Morgan fingerprint density at radius 1 is 1.17 bits per heavy atom. The van der Waals surface area contributed by atoms with Gasteiger partial charge in [-0.2, -0.15) is 4.57 Å². The number of allylic oxidation sites excluding steroid dienone is 2. The second-order valence-corrected chi connectivity index (χ2v) is 6.74. The number of anilines is 1. The third-order valence-electron chi connectivity index (χ3n) is 4.63. The largest absolute Gasteiger partial charge is 0.347 e. The molecular formula is C20H23N2O+. The second-order valence-electron chi connectivity index (χ2n) is 6.74. The van der Waals surface area contributed by atoms with E-state index < -0.39 is 0 Å². The van der Waals surface area contributed by atoms with Gasteiger partial charge in [-0.15, -0.1) is 0 Å². The van der Waals surface area contributed by atoms with E-state index in [1.165, 1.54) is 16.8 Å². The molecule has 0 saturated heterocycles. The lowest BCUT2D eigenvalue weighted by atomic mass is 9.83. The minimum atomic E-state index is -0.154. The molecule has 1 aliphatic rings. The zero-order valence-electron chi connectivity index (χ0n) is 14.2. The molecule has 0 amide bonds. The molecular weight excluding hydrogens is 284 g/mol. The number of carbonyl (C=O) groups excluding carboxylic acids is 1. The van der Waals surface area contributed by atoms with Gasteiger partial charge in [0.05, 0.1) is 0 Å². The molecule has 0 spiro atoms. The molecule has 0 aliphatic carbocycles. The molecule has 0 atom stereocenters. The average molecular weight is 307 g/mol. The van der Waals surface area contributed by atoms with Crippen LogP contribution in [0.3, 0.4) is 0 Å². The quantitative estimate of drug-likeness (QED) is 0.642. The van der Waals surface area contributed by atoms with Gasteiger partial charge in [-0.25, -0.2) is 0 Å². The van der Waals surface area contributed by atoms with Gasteiger partial charge < -0.3 is 4.90 Å². The van der Waals surface area contributed by atoms with Gasteiger partial charge in [-0.05, 0) is 24.1 Å². The molecule has 0 fully saturated rings. The van der Waals surface area contributed by atoms with Gasteiger partial charge in [0.1, 0.15) is 0 Å². The first-order valence-electron chi connectivity index (χ1n) is 7.93. The number of aryl methyl sites for hydroxylation is 1. The van der Waals surface area contributed by atoms with E-state index in [-0.39, 0.29) is 11.2 Å². The number of pyridine rings is 1. The monoisotopic (exact) mass is 307 g/mol. The first-order valence-corrected chi connectivity index (χ1v) is 7.93. The highest BCUT2D eigenvalue weighted by Gasteiger charge is 2.38. The highest BCUT2D eigenvalue weighted by molar-refractivity contribution is 5.91. The van der Waals surface area contributed by atoms with Crippen LogP contribution in [0.5, 0.6) is 0 Å². The van der Waals surface area contributed by atoms with Gasteiger partial charge in [-0.1, -0.05) is 32.0 Å². The van der Waals surface area contributed by atoms with Crippen LogP contribution in [0.1, 0.15) is 25.0 Å². The van der Waals surface area contributed by atoms with Crippen LogP contribution >= 0.6 is 0 Å². The Morgan fingerprint density at radius 3 is 2.48 bits per heavy atom. The molecule has 0 saturated carbocycles. The Morgan fingerprint density at radius 2 is 1.83 bits per heavy atom. The molecule has 3 nitrogen and oxygen atoms in total. The number of nitrogens with zero attached hydrogens (tertiary/aromatic N) is 2. The van der Waals surface area contributed by atoms with Crippen molar-refractivity contribution in [1.29, 1.82) is 0 Å². The number of ketones is 1. The predicted octanol–water partition coefficient (Wildman–Crippen LogP) is 3.16. The smallest absolute Gasteiger partial charge is 0.222 e. The maximum absolute atomic E-state index is 12.5. The third kappa shape index (κ3) is 2.79. The Labute approximate surface area is 137 Å². The Hall–Kier alpha value is -2.42. The van der Waals surface area contributed by atoms with Crippen LogP contribution in [0.15, 0.2) is 60.6 Å². The number of hydrogen-bond donors (Lipinski definition) is 0. The molecule has 1 aromatic carbocycles. The van der Waals surface area contributed by atoms with Gasteiger partial charge in [-0.3, -0.25) is 4.79 Å². The molecule has 0 bridgehead atoms. The topological polar surface area (TPSA) is 24.2 Å². The zero-order valence-corrected chi connectivity index (χ0v) is 14.2. The summed E-state index contributed by atoms with van der Waals surface area (Å²) in [6.07, 6.45) is 5.70. The second kappa shape index (κ2) is 5.65. The number of benzene rings is 1. The summed E-state index contributed by atoms with van der Waals surface area (Å²) in [4.78, 5) is 14.6. The Bertz CT molecular complexity index is 772. The predicted molar refractivity (Wildman–Crippen MR) is 92.3 cm³/mol. The molecule has 3 heteroatoms. The SMILES string of the molecule is Cc1cc[n+](CC(=O)C=C2N(C)c3ccccc3C2(C)C)cc1. The van der Waals surface area contributed by atoms with E-state index in [0.717, 1.165) is 5.70 Å². The van der Waals surface area contributed by atoms with Crippen molar-refractivity contribution in [2.75, 3.05) is 11.9 Å². The van der Waals surface area contributed by atoms with Crippen LogP contribution in [0, 0.1) is 6.92 Å². The fourth-order valence-electron chi connectivity index (χ4n) is 3.27.